The lowest BCUT2D eigenvalue weighted by Crippen LogP contribution is -2.34. The molecular formula is C24H25ClN6O. The topological polar surface area (TPSA) is 61.0 Å². The van der Waals surface area contributed by atoms with Crippen molar-refractivity contribution in [3.63, 3.8) is 0 Å². The summed E-state index contributed by atoms with van der Waals surface area (Å²) in [6.07, 6.45) is 7.85. The molecule has 32 heavy (non-hydrogen) atoms. The maximum Gasteiger partial charge on any atom is 0.143 e. The third kappa shape index (κ3) is 4.08. The summed E-state index contributed by atoms with van der Waals surface area (Å²) in [7, 11) is 1.68. The van der Waals surface area contributed by atoms with E-state index in [0.29, 0.717) is 6.04 Å². The van der Waals surface area contributed by atoms with Crippen LogP contribution in [0.2, 0.25) is 5.02 Å². The number of nitrogens with zero attached hydrogens (tertiary/aromatic N) is 6. The SMILES string of the molecule is COc1cc(-c2cn(C3CCN(c4ccc(Cl)cc4)CC3)nn2)ccc1-n1cnc(C)c1. The minimum absolute atomic E-state index is 0.342. The third-order valence-electron chi connectivity index (χ3n) is 6.01. The summed E-state index contributed by atoms with van der Waals surface area (Å²) in [6, 6.07) is 14.5. The van der Waals surface area contributed by atoms with Gasteiger partial charge in [0.25, 0.3) is 0 Å². The van der Waals surface area contributed by atoms with Gasteiger partial charge in [-0.25, -0.2) is 9.67 Å². The number of methoxy groups -OCH3 is 1. The number of aromatic nitrogens is 5. The number of anilines is 1. The van der Waals surface area contributed by atoms with Crippen molar-refractivity contribution >= 4 is 17.3 Å². The van der Waals surface area contributed by atoms with Gasteiger partial charge in [-0.15, -0.1) is 5.10 Å². The number of benzene rings is 2. The summed E-state index contributed by atoms with van der Waals surface area (Å²) < 4.78 is 9.61. The smallest absolute Gasteiger partial charge is 0.143 e. The van der Waals surface area contributed by atoms with E-state index in [2.05, 4.69) is 32.3 Å². The molecule has 0 atom stereocenters. The first-order chi connectivity index (χ1) is 15.6. The molecule has 1 saturated heterocycles. The Morgan fingerprint density at radius 2 is 1.81 bits per heavy atom. The molecule has 1 aliphatic rings. The average molecular weight is 449 g/mol. The molecule has 3 heterocycles. The summed E-state index contributed by atoms with van der Waals surface area (Å²) >= 11 is 6.02. The molecular weight excluding hydrogens is 424 g/mol. The number of aryl methyl sites for hydroxylation is 1. The van der Waals surface area contributed by atoms with Crippen LogP contribution in [-0.4, -0.2) is 44.7 Å². The molecule has 1 aliphatic heterocycles. The van der Waals surface area contributed by atoms with Gasteiger partial charge in [-0.2, -0.15) is 0 Å². The molecule has 4 aromatic rings. The van der Waals surface area contributed by atoms with Crippen LogP contribution in [0.15, 0.2) is 61.2 Å². The summed E-state index contributed by atoms with van der Waals surface area (Å²) in [5, 5.41) is 9.65. The van der Waals surface area contributed by atoms with Gasteiger partial charge in [-0.1, -0.05) is 22.9 Å². The molecule has 0 bridgehead atoms. The van der Waals surface area contributed by atoms with Crippen molar-refractivity contribution in [3.05, 3.63) is 71.9 Å². The van der Waals surface area contributed by atoms with Crippen molar-refractivity contribution in [2.75, 3.05) is 25.1 Å². The highest BCUT2D eigenvalue weighted by atomic mass is 35.5. The maximum absolute atomic E-state index is 6.02. The first kappa shape index (κ1) is 20.6. The Kier molecular flexibility index (Phi) is 5.57. The van der Waals surface area contributed by atoms with Crippen LogP contribution in [-0.2, 0) is 0 Å². The van der Waals surface area contributed by atoms with E-state index in [1.54, 1.807) is 13.4 Å². The number of ether oxygens (including phenoxy) is 1. The zero-order valence-electron chi connectivity index (χ0n) is 18.1. The van der Waals surface area contributed by atoms with E-state index in [1.807, 2.05) is 58.9 Å². The molecule has 0 N–H and O–H groups in total. The molecule has 0 aliphatic carbocycles. The second kappa shape index (κ2) is 8.67. The fraction of sp³-hybridized carbons (Fsp3) is 0.292. The highest BCUT2D eigenvalue weighted by Gasteiger charge is 2.22. The number of halogens is 1. The minimum atomic E-state index is 0.342. The number of piperidine rings is 1. The predicted octanol–water partition coefficient (Wildman–Crippen LogP) is 4.94. The largest absolute Gasteiger partial charge is 0.495 e. The van der Waals surface area contributed by atoms with Crippen molar-refractivity contribution in [1.82, 2.24) is 24.5 Å². The van der Waals surface area contributed by atoms with E-state index in [-0.39, 0.29) is 0 Å². The standard InChI is InChI=1S/C24H25ClN6O/c1-17-14-30(16-26-17)23-8-3-18(13-24(23)32-2)22-15-31(28-27-22)21-9-11-29(12-10-21)20-6-4-19(25)5-7-20/h3-8,13-16,21H,9-12H2,1-2H3. The highest BCUT2D eigenvalue weighted by Crippen LogP contribution is 2.31. The van der Waals surface area contributed by atoms with Gasteiger partial charge in [-0.3, -0.25) is 0 Å². The van der Waals surface area contributed by atoms with Crippen LogP contribution in [0.25, 0.3) is 16.9 Å². The average Bonchev–Trinajstić information content (AvgIpc) is 3.49. The molecule has 2 aromatic heterocycles. The molecule has 0 spiro atoms. The second-order valence-corrected chi connectivity index (χ2v) is 8.52. The summed E-state index contributed by atoms with van der Waals surface area (Å²) in [6.45, 7) is 3.93. The van der Waals surface area contributed by atoms with Gasteiger partial charge in [0.05, 0.1) is 37.1 Å². The first-order valence-electron chi connectivity index (χ1n) is 10.7. The first-order valence-corrected chi connectivity index (χ1v) is 11.1. The molecule has 5 rings (SSSR count). The Hall–Kier alpha value is -3.32. The summed E-state index contributed by atoms with van der Waals surface area (Å²) in [4.78, 5) is 6.70. The van der Waals surface area contributed by atoms with Gasteiger partial charge >= 0.3 is 0 Å². The lowest BCUT2D eigenvalue weighted by Gasteiger charge is -2.33. The normalized spacial score (nSPS) is 14.7. The number of rotatable bonds is 5. The minimum Gasteiger partial charge on any atom is -0.495 e. The lowest BCUT2D eigenvalue weighted by molar-refractivity contribution is 0.360. The Morgan fingerprint density at radius 3 is 2.50 bits per heavy atom. The summed E-state index contributed by atoms with van der Waals surface area (Å²) in [5.41, 5.74) is 4.94. The molecule has 2 aromatic carbocycles. The van der Waals surface area contributed by atoms with Crippen LogP contribution >= 0.6 is 11.6 Å². The van der Waals surface area contributed by atoms with E-state index in [1.165, 1.54) is 5.69 Å². The molecule has 8 heteroatoms. The van der Waals surface area contributed by atoms with Gasteiger partial charge in [-0.05, 0) is 56.2 Å². The predicted molar refractivity (Wildman–Crippen MR) is 126 cm³/mol. The maximum atomic E-state index is 6.02. The van der Waals surface area contributed by atoms with E-state index in [9.17, 15) is 0 Å². The van der Waals surface area contributed by atoms with Crippen LogP contribution in [0, 0.1) is 6.92 Å². The Balaban J connectivity index is 1.30. The van der Waals surface area contributed by atoms with Crippen molar-refractivity contribution in [2.24, 2.45) is 0 Å². The molecule has 0 radical (unpaired) electrons. The molecule has 164 valence electrons. The van der Waals surface area contributed by atoms with Crippen molar-refractivity contribution < 1.29 is 4.74 Å². The number of imidazole rings is 1. The van der Waals surface area contributed by atoms with E-state index < -0.39 is 0 Å². The second-order valence-electron chi connectivity index (χ2n) is 8.09. The van der Waals surface area contributed by atoms with E-state index in [0.717, 1.165) is 59.3 Å². The van der Waals surface area contributed by atoms with Crippen molar-refractivity contribution in [2.45, 2.75) is 25.8 Å². The monoisotopic (exact) mass is 448 g/mol. The van der Waals surface area contributed by atoms with E-state index >= 15 is 0 Å². The van der Waals surface area contributed by atoms with Crippen LogP contribution in [0.5, 0.6) is 5.75 Å². The van der Waals surface area contributed by atoms with Crippen LogP contribution in [0.1, 0.15) is 24.6 Å². The van der Waals surface area contributed by atoms with Gasteiger partial charge in [0.15, 0.2) is 0 Å². The molecule has 0 amide bonds. The van der Waals surface area contributed by atoms with Crippen molar-refractivity contribution in [1.29, 1.82) is 0 Å². The van der Waals surface area contributed by atoms with Gasteiger partial charge in [0.1, 0.15) is 11.4 Å². The molecule has 7 nitrogen and oxygen atoms in total. The quantitative estimate of drug-likeness (QED) is 0.432. The molecule has 0 saturated carbocycles. The lowest BCUT2D eigenvalue weighted by atomic mass is 10.0. The Morgan fingerprint density at radius 1 is 1.03 bits per heavy atom. The zero-order chi connectivity index (χ0) is 22.1. The fourth-order valence-electron chi connectivity index (χ4n) is 4.23. The van der Waals surface area contributed by atoms with Gasteiger partial charge in [0.2, 0.25) is 0 Å². The zero-order valence-corrected chi connectivity index (χ0v) is 18.9. The van der Waals surface area contributed by atoms with E-state index in [4.69, 9.17) is 16.3 Å². The number of hydrogen-bond donors (Lipinski definition) is 0. The third-order valence-corrected chi connectivity index (χ3v) is 6.26. The fourth-order valence-corrected chi connectivity index (χ4v) is 4.36. The van der Waals surface area contributed by atoms with Crippen LogP contribution in [0.4, 0.5) is 5.69 Å². The molecule has 0 unspecified atom stereocenters. The van der Waals surface area contributed by atoms with Crippen LogP contribution in [0.3, 0.4) is 0 Å². The summed E-state index contributed by atoms with van der Waals surface area (Å²) in [5.74, 6) is 0.769. The van der Waals surface area contributed by atoms with Gasteiger partial charge in [0, 0.05) is 35.6 Å². The number of hydrogen-bond acceptors (Lipinski definition) is 5. The van der Waals surface area contributed by atoms with Crippen LogP contribution < -0.4 is 9.64 Å². The van der Waals surface area contributed by atoms with Crippen molar-refractivity contribution in [3.8, 4) is 22.7 Å². The highest BCUT2D eigenvalue weighted by molar-refractivity contribution is 6.30. The Bertz CT molecular complexity index is 1210. The van der Waals surface area contributed by atoms with Gasteiger partial charge < -0.3 is 14.2 Å². The molecule has 1 fully saturated rings. The Labute approximate surface area is 192 Å².